The van der Waals surface area contributed by atoms with Crippen LogP contribution in [-0.2, 0) is 0 Å². The summed E-state index contributed by atoms with van der Waals surface area (Å²) in [5, 5.41) is 7.78. The van der Waals surface area contributed by atoms with Crippen molar-refractivity contribution >= 4 is 61.7 Å². The summed E-state index contributed by atoms with van der Waals surface area (Å²) in [4.78, 5) is 30.6. The van der Waals surface area contributed by atoms with Crippen LogP contribution in [0.25, 0.3) is 22.0 Å². The first-order chi connectivity index (χ1) is 18.9. The predicted octanol–water partition coefficient (Wildman–Crippen LogP) is 8.26. The van der Waals surface area contributed by atoms with Crippen molar-refractivity contribution in [2.45, 2.75) is 12.5 Å². The number of amides is 1. The second kappa shape index (κ2) is 10.5. The average Bonchev–Trinajstić information content (AvgIpc) is 3.38. The molecule has 1 aromatic heterocycles. The fourth-order valence-corrected chi connectivity index (χ4v) is 5.87. The van der Waals surface area contributed by atoms with Crippen molar-refractivity contribution < 1.29 is 4.79 Å². The van der Waals surface area contributed by atoms with Gasteiger partial charge in [0, 0.05) is 32.4 Å². The van der Waals surface area contributed by atoms with Crippen molar-refractivity contribution in [2.24, 2.45) is 5.10 Å². The number of hydrogen-bond acceptors (Lipinski definition) is 3. The number of nitrogens with one attached hydrogen (secondary N) is 1. The van der Waals surface area contributed by atoms with Gasteiger partial charge in [0.1, 0.15) is 0 Å². The van der Waals surface area contributed by atoms with E-state index in [1.54, 1.807) is 12.1 Å². The zero-order valence-electron chi connectivity index (χ0n) is 20.4. The van der Waals surface area contributed by atoms with Crippen LogP contribution in [0.3, 0.4) is 0 Å². The van der Waals surface area contributed by atoms with Crippen LogP contribution in [0.2, 0.25) is 10.0 Å². The Bertz CT molecular complexity index is 1820. The monoisotopic (exact) mass is 615 g/mol. The molecule has 5 aromatic rings. The molecule has 1 aliphatic heterocycles. The normalized spacial score (nSPS) is 15.0. The molecule has 0 aliphatic carbocycles. The highest BCUT2D eigenvalue weighted by Crippen LogP contribution is 2.38. The van der Waals surface area contributed by atoms with Crippen molar-refractivity contribution in [1.29, 1.82) is 0 Å². The van der Waals surface area contributed by atoms with Crippen LogP contribution in [0, 0.1) is 0 Å². The van der Waals surface area contributed by atoms with Crippen molar-refractivity contribution in [3.63, 3.8) is 0 Å². The maximum Gasteiger partial charge on any atom is 0.276 e. The fraction of sp³-hybridized carbons (Fsp3) is 0.0645. The summed E-state index contributed by atoms with van der Waals surface area (Å²) in [5.41, 5.74) is 4.22. The van der Waals surface area contributed by atoms with E-state index in [0.29, 0.717) is 28.2 Å². The van der Waals surface area contributed by atoms with Gasteiger partial charge in [-0.2, -0.15) is 5.10 Å². The van der Waals surface area contributed by atoms with Gasteiger partial charge in [0.2, 0.25) is 0 Å². The fourth-order valence-electron chi connectivity index (χ4n) is 5.02. The quantitative estimate of drug-likeness (QED) is 0.221. The predicted molar refractivity (Wildman–Crippen MR) is 161 cm³/mol. The van der Waals surface area contributed by atoms with E-state index >= 15 is 0 Å². The highest BCUT2D eigenvalue weighted by atomic mass is 79.9. The summed E-state index contributed by atoms with van der Waals surface area (Å²) in [6.07, 6.45) is 0.351. The van der Waals surface area contributed by atoms with Crippen LogP contribution >= 0.6 is 39.1 Å². The minimum absolute atomic E-state index is 0.237. The van der Waals surface area contributed by atoms with Gasteiger partial charge in [0.15, 0.2) is 0 Å². The number of H-pyrrole nitrogens is 1. The van der Waals surface area contributed by atoms with Crippen molar-refractivity contribution in [1.82, 2.24) is 9.99 Å². The number of rotatable bonds is 4. The number of carbonyl (C=O) groups is 1. The van der Waals surface area contributed by atoms with E-state index in [1.807, 2.05) is 78.9 Å². The van der Waals surface area contributed by atoms with E-state index in [1.165, 1.54) is 11.1 Å². The molecule has 0 radical (unpaired) electrons. The van der Waals surface area contributed by atoms with Gasteiger partial charge in [-0.25, -0.2) is 5.01 Å². The molecule has 4 aromatic carbocycles. The van der Waals surface area contributed by atoms with E-state index in [0.717, 1.165) is 26.5 Å². The number of hydrazone groups is 1. The van der Waals surface area contributed by atoms with Crippen LogP contribution < -0.4 is 5.56 Å². The first kappa shape index (κ1) is 25.6. The maximum atomic E-state index is 13.8. The number of aromatic amines is 1. The third-order valence-electron chi connectivity index (χ3n) is 6.79. The Balaban J connectivity index is 1.57. The number of pyridine rings is 1. The third kappa shape index (κ3) is 4.80. The second-order valence-electron chi connectivity index (χ2n) is 9.21. The van der Waals surface area contributed by atoms with Crippen LogP contribution in [0.4, 0.5) is 0 Å². The molecule has 6 rings (SSSR count). The van der Waals surface area contributed by atoms with Gasteiger partial charge in [0.05, 0.1) is 27.9 Å². The summed E-state index contributed by atoms with van der Waals surface area (Å²) in [7, 11) is 0. The summed E-state index contributed by atoms with van der Waals surface area (Å²) in [6, 6.07) is 29.5. The number of benzene rings is 4. The molecule has 0 unspecified atom stereocenters. The molecule has 1 amide bonds. The zero-order chi connectivity index (χ0) is 27.1. The van der Waals surface area contributed by atoms with E-state index in [9.17, 15) is 9.59 Å². The molecule has 5 nitrogen and oxygen atoms in total. The van der Waals surface area contributed by atoms with E-state index in [-0.39, 0.29) is 22.1 Å². The number of halogens is 3. The van der Waals surface area contributed by atoms with Crippen molar-refractivity contribution in [2.75, 3.05) is 0 Å². The van der Waals surface area contributed by atoms with Gasteiger partial charge in [-0.15, -0.1) is 0 Å². The Morgan fingerprint density at radius 2 is 1.62 bits per heavy atom. The number of aromatic nitrogens is 1. The standard InChI is InChI=1S/C31H20BrCl2N3O2/c32-20-11-14-25-23(15-20)28(19-9-5-2-6-10-19)29(30(38)35-25)26-17-27(18-7-3-1-4-8-18)37(36-26)31(39)22-13-12-21(33)16-24(22)34/h1-16,27H,17H2,(H,35,38)/t27-/m1/s1. The van der Waals surface area contributed by atoms with Gasteiger partial charge in [-0.1, -0.05) is 99.8 Å². The maximum absolute atomic E-state index is 13.8. The summed E-state index contributed by atoms with van der Waals surface area (Å²) in [6.45, 7) is 0. The SMILES string of the molecule is O=C(c1ccc(Cl)cc1Cl)N1N=C(c2c(-c3ccccc3)c3cc(Br)ccc3[nH]c2=O)C[C@@H]1c1ccccc1. The molecule has 8 heteroatoms. The number of hydrogen-bond donors (Lipinski definition) is 1. The lowest BCUT2D eigenvalue weighted by Gasteiger charge is -2.22. The highest BCUT2D eigenvalue weighted by Gasteiger charge is 2.36. The minimum Gasteiger partial charge on any atom is -0.321 e. The molecule has 0 fully saturated rings. The molecule has 1 N–H and O–H groups in total. The molecule has 0 bridgehead atoms. The first-order valence-corrected chi connectivity index (χ1v) is 13.8. The lowest BCUT2D eigenvalue weighted by molar-refractivity contribution is 0.0711. The van der Waals surface area contributed by atoms with Crippen LogP contribution in [0.5, 0.6) is 0 Å². The molecular formula is C31H20BrCl2N3O2. The first-order valence-electron chi connectivity index (χ1n) is 12.2. The average molecular weight is 617 g/mol. The van der Waals surface area contributed by atoms with E-state index < -0.39 is 6.04 Å². The summed E-state index contributed by atoms with van der Waals surface area (Å²) in [5.74, 6) is -0.373. The summed E-state index contributed by atoms with van der Waals surface area (Å²) < 4.78 is 0.884. The number of fused-ring (bicyclic) bond motifs is 1. The van der Waals surface area contributed by atoms with Gasteiger partial charge in [-0.05, 0) is 47.5 Å². The Labute approximate surface area is 242 Å². The molecule has 39 heavy (non-hydrogen) atoms. The number of nitrogens with zero attached hydrogens (tertiary/aromatic N) is 2. The Kier molecular flexibility index (Phi) is 6.85. The van der Waals surface area contributed by atoms with E-state index in [4.69, 9.17) is 28.3 Å². The molecule has 1 atom stereocenters. The Morgan fingerprint density at radius 3 is 2.33 bits per heavy atom. The highest BCUT2D eigenvalue weighted by molar-refractivity contribution is 9.10. The van der Waals surface area contributed by atoms with Crippen LogP contribution in [0.15, 0.2) is 111 Å². The smallest absolute Gasteiger partial charge is 0.276 e. The van der Waals surface area contributed by atoms with Crippen molar-refractivity contribution in [3.05, 3.63) is 139 Å². The van der Waals surface area contributed by atoms with Crippen LogP contribution in [-0.4, -0.2) is 21.6 Å². The van der Waals surface area contributed by atoms with Gasteiger partial charge >= 0.3 is 0 Å². The van der Waals surface area contributed by atoms with Gasteiger partial charge < -0.3 is 4.98 Å². The zero-order valence-corrected chi connectivity index (χ0v) is 23.5. The minimum atomic E-state index is -0.429. The lowest BCUT2D eigenvalue weighted by atomic mass is 9.91. The topological polar surface area (TPSA) is 65.5 Å². The molecular weight excluding hydrogens is 597 g/mol. The molecule has 0 spiro atoms. The molecule has 192 valence electrons. The van der Waals surface area contributed by atoms with Gasteiger partial charge in [0.25, 0.3) is 11.5 Å². The number of carbonyl (C=O) groups excluding carboxylic acids is 1. The summed E-state index contributed by atoms with van der Waals surface area (Å²) >= 11 is 16.1. The van der Waals surface area contributed by atoms with Crippen molar-refractivity contribution in [3.8, 4) is 11.1 Å². The van der Waals surface area contributed by atoms with Crippen LogP contribution in [0.1, 0.15) is 33.9 Å². The molecule has 0 saturated heterocycles. The third-order valence-corrected chi connectivity index (χ3v) is 7.83. The Morgan fingerprint density at radius 1 is 0.897 bits per heavy atom. The molecule has 0 saturated carbocycles. The largest absolute Gasteiger partial charge is 0.321 e. The Hall–Kier alpha value is -3.71. The van der Waals surface area contributed by atoms with E-state index in [2.05, 4.69) is 20.9 Å². The molecule has 2 heterocycles. The second-order valence-corrected chi connectivity index (χ2v) is 11.0. The molecule has 1 aliphatic rings. The lowest BCUT2D eigenvalue weighted by Crippen LogP contribution is -2.27. The van der Waals surface area contributed by atoms with Gasteiger partial charge in [-0.3, -0.25) is 9.59 Å².